The molecule has 0 atom stereocenters. The van der Waals surface area contributed by atoms with Crippen LogP contribution in [-0.2, 0) is 12.8 Å². The van der Waals surface area contributed by atoms with E-state index in [1.807, 2.05) is 0 Å². The van der Waals surface area contributed by atoms with Crippen LogP contribution in [0.25, 0.3) is 10.9 Å². The molecular formula is C23H15F6N3O3. The van der Waals surface area contributed by atoms with Crippen molar-refractivity contribution in [1.29, 1.82) is 0 Å². The second-order valence-electron chi connectivity index (χ2n) is 7.29. The lowest BCUT2D eigenvalue weighted by atomic mass is 10.1. The molecule has 4 aromatic rings. The van der Waals surface area contributed by atoms with Crippen molar-refractivity contribution in [1.82, 2.24) is 10.2 Å². The third-order valence-electron chi connectivity index (χ3n) is 4.78. The van der Waals surface area contributed by atoms with Crippen LogP contribution in [0.4, 0.5) is 32.2 Å². The molecule has 0 radical (unpaired) electrons. The van der Waals surface area contributed by atoms with Crippen molar-refractivity contribution in [2.24, 2.45) is 0 Å². The number of aromatic nitrogens is 2. The van der Waals surface area contributed by atoms with Gasteiger partial charge >= 0.3 is 12.5 Å². The highest BCUT2D eigenvalue weighted by atomic mass is 19.4. The smallest absolute Gasteiger partial charge is 0.489 e. The zero-order valence-corrected chi connectivity index (χ0v) is 17.5. The molecule has 12 heteroatoms. The molecule has 0 spiro atoms. The number of hydrogen-bond acceptors (Lipinski definition) is 4. The minimum Gasteiger partial charge on any atom is -0.489 e. The summed E-state index contributed by atoms with van der Waals surface area (Å²) in [6, 6.07) is 13.9. The number of halogens is 6. The van der Waals surface area contributed by atoms with Gasteiger partial charge in [0.1, 0.15) is 18.1 Å². The highest BCUT2D eigenvalue weighted by molar-refractivity contribution is 6.07. The zero-order chi connectivity index (χ0) is 25.2. The molecule has 0 aliphatic heterocycles. The lowest BCUT2D eigenvalue weighted by Crippen LogP contribution is -2.17. The summed E-state index contributed by atoms with van der Waals surface area (Å²) in [6.45, 7) is -0.0355. The summed E-state index contributed by atoms with van der Waals surface area (Å²) in [5.41, 5.74) is 0.0811. The number of hydrogen-bond donors (Lipinski definition) is 2. The van der Waals surface area contributed by atoms with Crippen molar-refractivity contribution in [3.63, 3.8) is 0 Å². The average Bonchev–Trinajstić information content (AvgIpc) is 3.18. The summed E-state index contributed by atoms with van der Waals surface area (Å²) >= 11 is 0. The predicted molar refractivity (Wildman–Crippen MR) is 113 cm³/mol. The van der Waals surface area contributed by atoms with Crippen molar-refractivity contribution >= 4 is 22.6 Å². The Morgan fingerprint density at radius 3 is 2.34 bits per heavy atom. The molecule has 0 saturated carbocycles. The highest BCUT2D eigenvalue weighted by Crippen LogP contribution is 2.30. The molecule has 0 bridgehead atoms. The van der Waals surface area contributed by atoms with Crippen LogP contribution in [0.2, 0.25) is 0 Å². The second-order valence-corrected chi connectivity index (χ2v) is 7.29. The van der Waals surface area contributed by atoms with E-state index in [1.54, 1.807) is 24.3 Å². The monoisotopic (exact) mass is 495 g/mol. The number of fused-ring (bicyclic) bond motifs is 1. The number of ether oxygens (including phenoxy) is 2. The molecule has 4 rings (SSSR count). The number of nitrogens with zero attached hydrogens (tertiary/aromatic N) is 1. The Morgan fingerprint density at radius 2 is 1.66 bits per heavy atom. The van der Waals surface area contributed by atoms with Gasteiger partial charge < -0.3 is 14.8 Å². The first-order valence-electron chi connectivity index (χ1n) is 9.92. The van der Waals surface area contributed by atoms with Crippen LogP contribution in [0.3, 0.4) is 0 Å². The quantitative estimate of drug-likeness (QED) is 0.308. The van der Waals surface area contributed by atoms with Gasteiger partial charge in [-0.2, -0.15) is 18.3 Å². The topological polar surface area (TPSA) is 76.2 Å². The summed E-state index contributed by atoms with van der Waals surface area (Å²) in [6.07, 6.45) is -9.31. The number of H-pyrrole nitrogens is 1. The molecule has 0 aliphatic carbocycles. The van der Waals surface area contributed by atoms with Crippen LogP contribution in [0.15, 0.2) is 66.7 Å². The van der Waals surface area contributed by atoms with Gasteiger partial charge in [0.2, 0.25) is 0 Å². The molecule has 6 nitrogen and oxygen atoms in total. The molecule has 0 saturated heterocycles. The van der Waals surface area contributed by atoms with Crippen molar-refractivity contribution in [2.75, 3.05) is 5.32 Å². The van der Waals surface area contributed by atoms with Crippen molar-refractivity contribution in [2.45, 2.75) is 19.1 Å². The molecule has 0 fully saturated rings. The number of alkyl halides is 6. The second kappa shape index (κ2) is 9.20. The SMILES string of the molecule is O=C(Nc1n[nH]c2cc(OCc3cccc(OC(F)(F)F)c3)ccc12)c1ccc(C(F)(F)F)cc1. The van der Waals surface area contributed by atoms with Crippen LogP contribution in [0.1, 0.15) is 21.5 Å². The summed E-state index contributed by atoms with van der Waals surface area (Å²) in [7, 11) is 0. The Morgan fingerprint density at radius 1 is 0.914 bits per heavy atom. The van der Waals surface area contributed by atoms with Crippen molar-refractivity contribution in [3.8, 4) is 11.5 Å². The van der Waals surface area contributed by atoms with E-state index in [2.05, 4.69) is 20.3 Å². The lowest BCUT2D eigenvalue weighted by molar-refractivity contribution is -0.274. The van der Waals surface area contributed by atoms with Gasteiger partial charge in [0.15, 0.2) is 5.82 Å². The maximum absolute atomic E-state index is 12.7. The third kappa shape index (κ3) is 6.02. The Labute approximate surface area is 193 Å². The first-order valence-corrected chi connectivity index (χ1v) is 9.92. The third-order valence-corrected chi connectivity index (χ3v) is 4.78. The largest absolute Gasteiger partial charge is 0.573 e. The van der Waals surface area contributed by atoms with Crippen LogP contribution in [0.5, 0.6) is 11.5 Å². The minimum atomic E-state index is -4.80. The van der Waals surface area contributed by atoms with Gasteiger partial charge in [0.05, 0.1) is 11.1 Å². The number of amides is 1. The van der Waals surface area contributed by atoms with E-state index < -0.39 is 24.0 Å². The molecule has 0 unspecified atom stereocenters. The molecule has 0 aliphatic rings. The molecule has 2 N–H and O–H groups in total. The number of benzene rings is 3. The fourth-order valence-corrected chi connectivity index (χ4v) is 3.17. The van der Waals surface area contributed by atoms with Crippen molar-refractivity contribution in [3.05, 3.63) is 83.4 Å². The molecule has 182 valence electrons. The Hall–Kier alpha value is -4.22. The van der Waals surface area contributed by atoms with E-state index in [0.29, 0.717) is 22.2 Å². The van der Waals surface area contributed by atoms with Gasteiger partial charge in [0.25, 0.3) is 5.91 Å². The summed E-state index contributed by atoms with van der Waals surface area (Å²) in [5.74, 6) is -0.471. The van der Waals surface area contributed by atoms with Crippen LogP contribution >= 0.6 is 0 Å². The van der Waals surface area contributed by atoms with Crippen LogP contribution in [-0.4, -0.2) is 22.5 Å². The van der Waals surface area contributed by atoms with Gasteiger partial charge in [-0.05, 0) is 54.1 Å². The number of nitrogens with one attached hydrogen (secondary N) is 2. The summed E-state index contributed by atoms with van der Waals surface area (Å²) in [5, 5.41) is 9.76. The molecule has 1 amide bonds. The van der Waals surface area contributed by atoms with E-state index in [4.69, 9.17) is 4.74 Å². The first kappa shape index (κ1) is 23.9. The van der Waals surface area contributed by atoms with Gasteiger partial charge in [-0.1, -0.05) is 12.1 Å². The Kier molecular flexibility index (Phi) is 6.29. The fraction of sp³-hybridized carbons (Fsp3) is 0.130. The van der Waals surface area contributed by atoms with Crippen LogP contribution < -0.4 is 14.8 Å². The summed E-state index contributed by atoms with van der Waals surface area (Å²) in [4.78, 5) is 12.4. The highest BCUT2D eigenvalue weighted by Gasteiger charge is 2.31. The van der Waals surface area contributed by atoms with E-state index >= 15 is 0 Å². The van der Waals surface area contributed by atoms with E-state index in [-0.39, 0.29) is 23.7 Å². The zero-order valence-electron chi connectivity index (χ0n) is 17.5. The van der Waals surface area contributed by atoms with Gasteiger partial charge in [0, 0.05) is 17.0 Å². The van der Waals surface area contributed by atoms with Gasteiger partial charge in [-0.3, -0.25) is 9.89 Å². The number of rotatable bonds is 6. The molecule has 3 aromatic carbocycles. The van der Waals surface area contributed by atoms with E-state index in [9.17, 15) is 31.1 Å². The maximum atomic E-state index is 12.7. The summed E-state index contributed by atoms with van der Waals surface area (Å²) < 4.78 is 84.7. The molecule has 35 heavy (non-hydrogen) atoms. The number of carbonyl (C=O) groups is 1. The standard InChI is InChI=1S/C23H15F6N3O3/c24-22(25,26)15-6-4-14(5-7-15)21(33)30-20-18-9-8-16(11-19(18)31-32-20)34-12-13-2-1-3-17(10-13)35-23(27,28)29/h1-11H,12H2,(H2,30,31,32,33). The normalized spacial score (nSPS) is 11.9. The molecule has 1 aromatic heterocycles. The Balaban J connectivity index is 1.42. The molecule has 1 heterocycles. The van der Waals surface area contributed by atoms with Crippen molar-refractivity contribution < 1.29 is 40.6 Å². The number of anilines is 1. The minimum absolute atomic E-state index is 0.0193. The Bertz CT molecular complexity index is 1350. The van der Waals surface area contributed by atoms with Crippen LogP contribution in [0, 0.1) is 0 Å². The van der Waals surface area contributed by atoms with Gasteiger partial charge in [-0.15, -0.1) is 13.2 Å². The predicted octanol–water partition coefficient (Wildman–Crippen LogP) is 6.31. The van der Waals surface area contributed by atoms with E-state index in [1.165, 1.54) is 18.2 Å². The fourth-order valence-electron chi connectivity index (χ4n) is 3.17. The average molecular weight is 495 g/mol. The lowest BCUT2D eigenvalue weighted by Gasteiger charge is -2.11. The van der Waals surface area contributed by atoms with E-state index in [0.717, 1.165) is 24.3 Å². The molecular weight excluding hydrogens is 480 g/mol. The number of aromatic amines is 1. The first-order chi connectivity index (χ1) is 16.5. The number of carbonyl (C=O) groups excluding carboxylic acids is 1. The maximum Gasteiger partial charge on any atom is 0.573 e. The van der Waals surface area contributed by atoms with Gasteiger partial charge in [-0.25, -0.2) is 0 Å².